The third-order valence-electron chi connectivity index (χ3n) is 2.34. The van der Waals surface area contributed by atoms with Crippen LogP contribution in [0.25, 0.3) is 0 Å². The van der Waals surface area contributed by atoms with Crippen molar-refractivity contribution in [3.05, 3.63) is 23.8 Å². The maximum absolute atomic E-state index is 10.6. The van der Waals surface area contributed by atoms with Crippen molar-refractivity contribution in [2.45, 2.75) is 26.7 Å². The van der Waals surface area contributed by atoms with Gasteiger partial charge in [-0.1, -0.05) is 19.6 Å². The van der Waals surface area contributed by atoms with Crippen LogP contribution in [0.3, 0.4) is 0 Å². The van der Waals surface area contributed by atoms with Crippen molar-refractivity contribution in [1.82, 2.24) is 0 Å². The van der Waals surface area contributed by atoms with Crippen molar-refractivity contribution in [1.29, 1.82) is 0 Å². The fourth-order valence-electron chi connectivity index (χ4n) is 1.13. The summed E-state index contributed by atoms with van der Waals surface area (Å²) in [4.78, 5) is 21.2. The van der Waals surface area contributed by atoms with Gasteiger partial charge in [0.25, 0.3) is 0 Å². The van der Waals surface area contributed by atoms with E-state index in [2.05, 4.69) is 6.58 Å². The standard InChI is InChI=1S/C11H16O4/c1-4-9(11(14)15)6-5-7(2)8(3)10(12)13/h4,7H,3,5-6H2,1-2H3,(H,12,13)(H,14,15)/b9-4-. The number of rotatable bonds is 6. The van der Waals surface area contributed by atoms with E-state index >= 15 is 0 Å². The van der Waals surface area contributed by atoms with Crippen molar-refractivity contribution < 1.29 is 19.8 Å². The van der Waals surface area contributed by atoms with Gasteiger partial charge in [-0.05, 0) is 25.7 Å². The molecule has 0 aromatic heterocycles. The zero-order valence-corrected chi connectivity index (χ0v) is 8.99. The van der Waals surface area contributed by atoms with Crippen LogP contribution in [0.2, 0.25) is 0 Å². The Morgan fingerprint density at radius 1 is 1.33 bits per heavy atom. The lowest BCUT2D eigenvalue weighted by Gasteiger charge is -2.10. The molecule has 0 aliphatic heterocycles. The highest BCUT2D eigenvalue weighted by molar-refractivity contribution is 5.87. The van der Waals surface area contributed by atoms with Gasteiger partial charge in [-0.2, -0.15) is 0 Å². The summed E-state index contributed by atoms with van der Waals surface area (Å²) in [5.41, 5.74) is 0.427. The first kappa shape index (κ1) is 13.4. The summed E-state index contributed by atoms with van der Waals surface area (Å²) in [5, 5.41) is 17.4. The Morgan fingerprint density at radius 3 is 2.20 bits per heavy atom. The molecule has 0 heterocycles. The minimum atomic E-state index is -1.03. The topological polar surface area (TPSA) is 74.6 Å². The number of hydrogen-bond acceptors (Lipinski definition) is 2. The van der Waals surface area contributed by atoms with E-state index in [0.717, 1.165) is 0 Å². The van der Waals surface area contributed by atoms with Crippen LogP contribution in [0.15, 0.2) is 23.8 Å². The zero-order valence-electron chi connectivity index (χ0n) is 8.99. The molecule has 4 nitrogen and oxygen atoms in total. The molecule has 0 saturated carbocycles. The molecule has 84 valence electrons. The highest BCUT2D eigenvalue weighted by Crippen LogP contribution is 2.18. The smallest absolute Gasteiger partial charge is 0.331 e. The van der Waals surface area contributed by atoms with E-state index in [1.165, 1.54) is 6.08 Å². The number of allylic oxidation sites excluding steroid dienone is 1. The van der Waals surface area contributed by atoms with Crippen LogP contribution in [0.5, 0.6) is 0 Å². The van der Waals surface area contributed by atoms with Crippen LogP contribution in [0.1, 0.15) is 26.7 Å². The van der Waals surface area contributed by atoms with Crippen LogP contribution in [-0.4, -0.2) is 22.2 Å². The van der Waals surface area contributed by atoms with Crippen molar-refractivity contribution in [2.24, 2.45) is 5.92 Å². The third kappa shape index (κ3) is 4.44. The maximum Gasteiger partial charge on any atom is 0.331 e. The van der Waals surface area contributed by atoms with E-state index in [1.54, 1.807) is 13.8 Å². The number of carboxylic acid groups (broad SMARTS) is 2. The average molecular weight is 212 g/mol. The largest absolute Gasteiger partial charge is 0.478 e. The first-order valence-electron chi connectivity index (χ1n) is 4.70. The van der Waals surface area contributed by atoms with E-state index in [1.807, 2.05) is 0 Å². The number of hydrogen-bond donors (Lipinski definition) is 2. The van der Waals surface area contributed by atoms with Crippen LogP contribution in [0.4, 0.5) is 0 Å². The second-order valence-corrected chi connectivity index (χ2v) is 3.39. The van der Waals surface area contributed by atoms with Gasteiger partial charge in [0.15, 0.2) is 0 Å². The van der Waals surface area contributed by atoms with E-state index < -0.39 is 11.9 Å². The Balaban J connectivity index is 4.22. The molecule has 0 aliphatic carbocycles. The molecule has 1 atom stereocenters. The summed E-state index contributed by atoms with van der Waals surface area (Å²) >= 11 is 0. The van der Waals surface area contributed by atoms with Gasteiger partial charge in [-0.25, -0.2) is 9.59 Å². The van der Waals surface area contributed by atoms with Crippen LogP contribution in [0, 0.1) is 5.92 Å². The molecule has 15 heavy (non-hydrogen) atoms. The van der Waals surface area contributed by atoms with Crippen molar-refractivity contribution in [3.8, 4) is 0 Å². The van der Waals surface area contributed by atoms with E-state index in [4.69, 9.17) is 10.2 Å². The average Bonchev–Trinajstić information content (AvgIpc) is 2.16. The lowest BCUT2D eigenvalue weighted by atomic mass is 9.95. The molecule has 4 heteroatoms. The normalized spacial score (nSPS) is 13.3. The molecule has 0 rings (SSSR count). The SMILES string of the molecule is C=C(C(=O)O)C(C)CC/C(=C/C)C(=O)O. The van der Waals surface area contributed by atoms with Gasteiger partial charge >= 0.3 is 11.9 Å². The Morgan fingerprint density at radius 2 is 1.87 bits per heavy atom. The van der Waals surface area contributed by atoms with Crippen molar-refractivity contribution >= 4 is 11.9 Å². The quantitative estimate of drug-likeness (QED) is 0.661. The first-order chi connectivity index (χ1) is 6.90. The van der Waals surface area contributed by atoms with Gasteiger partial charge in [0.2, 0.25) is 0 Å². The number of aliphatic carboxylic acids is 2. The molecule has 2 N–H and O–H groups in total. The summed E-state index contributed by atoms with van der Waals surface area (Å²) in [6.07, 6.45) is 2.37. The summed E-state index contributed by atoms with van der Waals surface area (Å²) in [5.74, 6) is -2.19. The predicted octanol–water partition coefficient (Wildman–Crippen LogP) is 2.07. The lowest BCUT2D eigenvalue weighted by molar-refractivity contribution is -0.133. The van der Waals surface area contributed by atoms with Gasteiger partial charge in [0.05, 0.1) is 0 Å². The van der Waals surface area contributed by atoms with E-state index in [9.17, 15) is 9.59 Å². The van der Waals surface area contributed by atoms with Gasteiger partial charge in [-0.3, -0.25) is 0 Å². The molecule has 0 aromatic rings. The third-order valence-corrected chi connectivity index (χ3v) is 2.34. The molecule has 0 amide bonds. The highest BCUT2D eigenvalue weighted by atomic mass is 16.4. The summed E-state index contributed by atoms with van der Waals surface area (Å²) in [6.45, 7) is 6.82. The first-order valence-corrected chi connectivity index (χ1v) is 4.70. The minimum absolute atomic E-state index is 0.121. The number of carbonyl (C=O) groups is 2. The fourth-order valence-corrected chi connectivity index (χ4v) is 1.13. The summed E-state index contributed by atoms with van der Waals surface area (Å²) < 4.78 is 0. The lowest BCUT2D eigenvalue weighted by Crippen LogP contribution is -2.10. The van der Waals surface area contributed by atoms with E-state index in [-0.39, 0.29) is 11.5 Å². The van der Waals surface area contributed by atoms with Gasteiger partial charge < -0.3 is 10.2 Å². The molecule has 0 fully saturated rings. The van der Waals surface area contributed by atoms with Gasteiger partial charge in [0, 0.05) is 11.1 Å². The predicted molar refractivity (Wildman–Crippen MR) is 56.6 cm³/mol. The summed E-state index contributed by atoms with van der Waals surface area (Å²) in [7, 11) is 0. The molecule has 0 spiro atoms. The summed E-state index contributed by atoms with van der Waals surface area (Å²) in [6, 6.07) is 0. The molecule has 0 aliphatic rings. The maximum atomic E-state index is 10.6. The Kier molecular flexibility index (Phi) is 5.37. The van der Waals surface area contributed by atoms with Crippen LogP contribution < -0.4 is 0 Å². The Labute approximate surface area is 88.9 Å². The van der Waals surface area contributed by atoms with Crippen LogP contribution >= 0.6 is 0 Å². The second-order valence-electron chi connectivity index (χ2n) is 3.39. The molecule has 0 radical (unpaired) electrons. The van der Waals surface area contributed by atoms with Gasteiger partial charge in [-0.15, -0.1) is 0 Å². The van der Waals surface area contributed by atoms with Crippen molar-refractivity contribution in [2.75, 3.05) is 0 Å². The monoisotopic (exact) mass is 212 g/mol. The molecule has 0 bridgehead atoms. The zero-order chi connectivity index (χ0) is 12.0. The van der Waals surface area contributed by atoms with Gasteiger partial charge in [0.1, 0.15) is 0 Å². The van der Waals surface area contributed by atoms with Crippen LogP contribution in [-0.2, 0) is 9.59 Å². The Hall–Kier alpha value is -1.58. The molecule has 1 unspecified atom stereocenters. The molecule has 0 aromatic carbocycles. The molecule has 0 saturated heterocycles. The highest BCUT2D eigenvalue weighted by Gasteiger charge is 2.15. The minimum Gasteiger partial charge on any atom is -0.478 e. The molecular formula is C11H16O4. The molecular weight excluding hydrogens is 196 g/mol. The Bertz CT molecular complexity index is 302. The second kappa shape index (κ2) is 6.01. The number of carboxylic acids is 2. The fraction of sp³-hybridized carbons (Fsp3) is 0.455. The van der Waals surface area contributed by atoms with Crippen molar-refractivity contribution in [3.63, 3.8) is 0 Å². The van der Waals surface area contributed by atoms with E-state index in [0.29, 0.717) is 18.4 Å².